The molecule has 0 radical (unpaired) electrons. The number of hydrogen-bond acceptors (Lipinski definition) is 2. The Hall–Kier alpha value is -0.960. The van der Waals surface area contributed by atoms with Crippen LogP contribution >= 0.6 is 38.5 Å². The van der Waals surface area contributed by atoms with E-state index in [0.717, 1.165) is 0 Å². The van der Waals surface area contributed by atoms with E-state index in [9.17, 15) is 14.0 Å². The van der Waals surface area contributed by atoms with Gasteiger partial charge in [-0.25, -0.2) is 9.18 Å². The standard InChI is InChI=1S/C11H7BrFIN2O2/c12-7-1-6(2-8(13)3-7)4-16-5-9(14)10(17)15-11(16)18/h1-3,5H,4H2,(H,15,17,18). The molecule has 0 aliphatic heterocycles. The molecular weight excluding hydrogens is 418 g/mol. The summed E-state index contributed by atoms with van der Waals surface area (Å²) in [6.45, 7) is 0.196. The number of hydrogen-bond donors (Lipinski definition) is 1. The summed E-state index contributed by atoms with van der Waals surface area (Å²) in [7, 11) is 0. The first-order valence-electron chi connectivity index (χ1n) is 4.90. The number of nitrogens with one attached hydrogen (secondary N) is 1. The number of halogens is 3. The molecule has 0 aliphatic rings. The van der Waals surface area contributed by atoms with E-state index in [0.29, 0.717) is 13.6 Å². The fourth-order valence-electron chi connectivity index (χ4n) is 1.50. The van der Waals surface area contributed by atoms with Gasteiger partial charge in [0.1, 0.15) is 5.82 Å². The molecule has 0 bridgehead atoms. The fraction of sp³-hybridized carbons (Fsp3) is 0.0909. The van der Waals surface area contributed by atoms with Crippen LogP contribution in [0.25, 0.3) is 0 Å². The molecule has 0 fully saturated rings. The minimum absolute atomic E-state index is 0.196. The summed E-state index contributed by atoms with van der Waals surface area (Å²) >= 11 is 5.02. The second-order valence-electron chi connectivity index (χ2n) is 3.64. The second-order valence-corrected chi connectivity index (χ2v) is 5.72. The van der Waals surface area contributed by atoms with Crippen molar-refractivity contribution in [3.05, 3.63) is 64.7 Å². The molecule has 2 aromatic rings. The molecule has 0 saturated carbocycles. The second kappa shape index (κ2) is 5.35. The van der Waals surface area contributed by atoms with Gasteiger partial charge in [0, 0.05) is 10.7 Å². The van der Waals surface area contributed by atoms with Crippen molar-refractivity contribution in [2.45, 2.75) is 6.54 Å². The monoisotopic (exact) mass is 424 g/mol. The minimum atomic E-state index is -0.513. The van der Waals surface area contributed by atoms with Crippen molar-refractivity contribution in [3.63, 3.8) is 0 Å². The van der Waals surface area contributed by atoms with E-state index in [1.54, 1.807) is 6.07 Å². The quantitative estimate of drug-likeness (QED) is 0.750. The summed E-state index contributed by atoms with van der Waals surface area (Å²) < 4.78 is 15.5. The van der Waals surface area contributed by atoms with Gasteiger partial charge in [-0.15, -0.1) is 0 Å². The molecule has 1 aromatic carbocycles. The van der Waals surface area contributed by atoms with Crippen LogP contribution in [0.2, 0.25) is 0 Å². The van der Waals surface area contributed by atoms with Gasteiger partial charge in [0.2, 0.25) is 0 Å². The molecule has 0 atom stereocenters. The number of nitrogens with zero attached hydrogens (tertiary/aromatic N) is 1. The van der Waals surface area contributed by atoms with Crippen LogP contribution in [-0.4, -0.2) is 9.55 Å². The van der Waals surface area contributed by atoms with Gasteiger partial charge in [-0.3, -0.25) is 14.3 Å². The smallest absolute Gasteiger partial charge is 0.295 e. The Bertz CT molecular complexity index is 691. The molecular formula is C11H7BrFIN2O2. The summed E-state index contributed by atoms with van der Waals surface area (Å²) in [5.41, 5.74) is -0.301. The molecule has 1 aromatic heterocycles. The predicted octanol–water partition coefficient (Wildman–Crippen LogP) is 2.09. The van der Waals surface area contributed by atoms with E-state index in [2.05, 4.69) is 20.9 Å². The zero-order valence-corrected chi connectivity index (χ0v) is 12.7. The van der Waals surface area contributed by atoms with Crippen LogP contribution in [0.3, 0.4) is 0 Å². The van der Waals surface area contributed by atoms with E-state index in [4.69, 9.17) is 0 Å². The van der Waals surface area contributed by atoms with Gasteiger partial charge in [0.25, 0.3) is 5.56 Å². The maximum Gasteiger partial charge on any atom is 0.328 e. The predicted molar refractivity (Wildman–Crippen MR) is 77.2 cm³/mol. The van der Waals surface area contributed by atoms with Gasteiger partial charge in [-0.05, 0) is 46.4 Å². The maximum atomic E-state index is 13.2. The van der Waals surface area contributed by atoms with Crippen molar-refractivity contribution in [2.24, 2.45) is 0 Å². The molecule has 1 N–H and O–H groups in total. The first kappa shape index (κ1) is 13.5. The zero-order chi connectivity index (χ0) is 13.3. The van der Waals surface area contributed by atoms with Crippen molar-refractivity contribution < 1.29 is 4.39 Å². The third-order valence-corrected chi connectivity index (χ3v) is 3.47. The largest absolute Gasteiger partial charge is 0.328 e. The number of H-pyrrole nitrogens is 1. The van der Waals surface area contributed by atoms with E-state index >= 15 is 0 Å². The van der Waals surface area contributed by atoms with Crippen LogP contribution in [-0.2, 0) is 6.54 Å². The lowest BCUT2D eigenvalue weighted by Gasteiger charge is -2.06. The molecule has 18 heavy (non-hydrogen) atoms. The van der Waals surface area contributed by atoms with Crippen LogP contribution in [0.5, 0.6) is 0 Å². The van der Waals surface area contributed by atoms with E-state index in [-0.39, 0.29) is 12.4 Å². The first-order chi connectivity index (χ1) is 8.45. The number of aromatic amines is 1. The first-order valence-corrected chi connectivity index (χ1v) is 6.77. The zero-order valence-electron chi connectivity index (χ0n) is 8.91. The van der Waals surface area contributed by atoms with Crippen molar-refractivity contribution in [1.82, 2.24) is 9.55 Å². The normalized spacial score (nSPS) is 10.6. The number of aromatic nitrogens is 2. The Morgan fingerprint density at radius 3 is 2.72 bits per heavy atom. The Kier molecular flexibility index (Phi) is 4.00. The summed E-state index contributed by atoms with van der Waals surface area (Å²) in [5.74, 6) is -0.383. The topological polar surface area (TPSA) is 54.9 Å². The highest BCUT2D eigenvalue weighted by Crippen LogP contribution is 2.15. The van der Waals surface area contributed by atoms with Crippen LogP contribution in [0, 0.1) is 9.39 Å². The third-order valence-electron chi connectivity index (χ3n) is 2.24. The Labute approximate surface area is 123 Å². The van der Waals surface area contributed by atoms with Crippen LogP contribution in [0.15, 0.2) is 38.5 Å². The van der Waals surface area contributed by atoms with Crippen LogP contribution in [0.4, 0.5) is 4.39 Å². The average molecular weight is 425 g/mol. The van der Waals surface area contributed by atoms with Crippen molar-refractivity contribution in [1.29, 1.82) is 0 Å². The maximum absolute atomic E-state index is 13.2. The molecule has 2 rings (SSSR count). The molecule has 0 aliphatic carbocycles. The summed E-state index contributed by atoms with van der Waals surface area (Å²) in [6, 6.07) is 4.39. The highest BCUT2D eigenvalue weighted by Gasteiger charge is 2.04. The molecule has 7 heteroatoms. The van der Waals surface area contributed by atoms with Gasteiger partial charge in [0.05, 0.1) is 10.1 Å². The molecule has 0 unspecified atom stereocenters. The van der Waals surface area contributed by atoms with Gasteiger partial charge in [0.15, 0.2) is 0 Å². The van der Waals surface area contributed by atoms with Gasteiger partial charge in [-0.2, -0.15) is 0 Å². The van der Waals surface area contributed by atoms with Gasteiger partial charge in [-0.1, -0.05) is 15.9 Å². The molecule has 1 heterocycles. The van der Waals surface area contributed by atoms with Crippen molar-refractivity contribution >= 4 is 38.5 Å². The lowest BCUT2D eigenvalue weighted by Crippen LogP contribution is -2.31. The van der Waals surface area contributed by atoms with Crippen molar-refractivity contribution in [2.75, 3.05) is 0 Å². The summed E-state index contributed by atoms with van der Waals surface area (Å²) in [4.78, 5) is 25.0. The Balaban J connectivity index is 2.43. The summed E-state index contributed by atoms with van der Waals surface area (Å²) in [6.07, 6.45) is 1.44. The molecule has 0 spiro atoms. The molecule has 4 nitrogen and oxygen atoms in total. The molecule has 0 amide bonds. The average Bonchev–Trinajstić information content (AvgIpc) is 2.24. The Morgan fingerprint density at radius 2 is 2.06 bits per heavy atom. The summed E-state index contributed by atoms with van der Waals surface area (Å²) in [5, 5.41) is 0. The van der Waals surface area contributed by atoms with Gasteiger partial charge < -0.3 is 0 Å². The third kappa shape index (κ3) is 3.08. The van der Waals surface area contributed by atoms with Crippen LogP contribution in [0.1, 0.15) is 5.56 Å². The van der Waals surface area contributed by atoms with Gasteiger partial charge >= 0.3 is 5.69 Å². The lowest BCUT2D eigenvalue weighted by atomic mass is 10.2. The minimum Gasteiger partial charge on any atom is -0.295 e. The van der Waals surface area contributed by atoms with E-state index in [1.165, 1.54) is 22.9 Å². The van der Waals surface area contributed by atoms with E-state index in [1.807, 2.05) is 22.6 Å². The molecule has 94 valence electrons. The number of benzene rings is 1. The lowest BCUT2D eigenvalue weighted by molar-refractivity contribution is 0.620. The SMILES string of the molecule is O=c1[nH]c(=O)n(Cc2cc(F)cc(Br)c2)cc1I. The van der Waals surface area contributed by atoms with E-state index < -0.39 is 11.2 Å². The highest BCUT2D eigenvalue weighted by molar-refractivity contribution is 14.1. The fourth-order valence-corrected chi connectivity index (χ4v) is 2.48. The Morgan fingerprint density at radius 1 is 1.33 bits per heavy atom. The number of rotatable bonds is 2. The molecule has 0 saturated heterocycles. The van der Waals surface area contributed by atoms with Crippen molar-refractivity contribution in [3.8, 4) is 0 Å². The highest BCUT2D eigenvalue weighted by atomic mass is 127. The van der Waals surface area contributed by atoms with Crippen LogP contribution < -0.4 is 11.2 Å².